The molecule has 0 radical (unpaired) electrons. The lowest BCUT2D eigenvalue weighted by molar-refractivity contribution is 0.373. The molecule has 0 aromatic carbocycles. The van der Waals surface area contributed by atoms with Crippen molar-refractivity contribution in [2.75, 3.05) is 0 Å². The van der Waals surface area contributed by atoms with Gasteiger partial charge in [0.1, 0.15) is 0 Å². The Morgan fingerprint density at radius 3 is 2.00 bits per heavy atom. The van der Waals surface area contributed by atoms with Crippen molar-refractivity contribution in [2.45, 2.75) is 65.5 Å². The van der Waals surface area contributed by atoms with Crippen LogP contribution in [0.15, 0.2) is 0 Å². The second kappa shape index (κ2) is 8.25. The molecule has 14 heavy (non-hydrogen) atoms. The normalized spacial score (nSPS) is 15.9. The summed E-state index contributed by atoms with van der Waals surface area (Å²) in [5.41, 5.74) is 11.1. The number of hydrogen-bond acceptors (Lipinski definition) is 2. The van der Waals surface area contributed by atoms with Gasteiger partial charge in [-0.3, -0.25) is 0 Å². The van der Waals surface area contributed by atoms with Gasteiger partial charge in [0.05, 0.1) is 6.17 Å². The van der Waals surface area contributed by atoms with Crippen LogP contribution in [0.25, 0.3) is 0 Å². The van der Waals surface area contributed by atoms with E-state index in [2.05, 4.69) is 20.8 Å². The summed E-state index contributed by atoms with van der Waals surface area (Å²) < 4.78 is 0. The van der Waals surface area contributed by atoms with Crippen molar-refractivity contribution in [3.8, 4) is 0 Å². The van der Waals surface area contributed by atoms with Crippen LogP contribution in [-0.4, -0.2) is 6.17 Å². The van der Waals surface area contributed by atoms with Crippen LogP contribution in [0.1, 0.15) is 59.3 Å². The van der Waals surface area contributed by atoms with Gasteiger partial charge in [-0.1, -0.05) is 52.9 Å². The minimum Gasteiger partial charge on any atom is -0.316 e. The van der Waals surface area contributed by atoms with Crippen LogP contribution in [0.3, 0.4) is 0 Å². The SMILES string of the molecule is CCCCC(C)CCC(C)CC(N)N. The summed E-state index contributed by atoms with van der Waals surface area (Å²) >= 11 is 0. The minimum atomic E-state index is -0.129. The van der Waals surface area contributed by atoms with Crippen molar-refractivity contribution in [2.24, 2.45) is 23.3 Å². The van der Waals surface area contributed by atoms with Crippen molar-refractivity contribution in [1.82, 2.24) is 0 Å². The Balaban J connectivity index is 3.40. The van der Waals surface area contributed by atoms with Crippen LogP contribution in [0.4, 0.5) is 0 Å². The van der Waals surface area contributed by atoms with Crippen LogP contribution in [0, 0.1) is 11.8 Å². The van der Waals surface area contributed by atoms with E-state index in [0.717, 1.165) is 12.3 Å². The number of nitrogens with two attached hydrogens (primary N) is 2. The van der Waals surface area contributed by atoms with E-state index in [9.17, 15) is 0 Å². The Labute approximate surface area is 89.4 Å². The molecule has 2 heteroatoms. The molecule has 0 aromatic rings. The van der Waals surface area contributed by atoms with E-state index < -0.39 is 0 Å². The van der Waals surface area contributed by atoms with Crippen LogP contribution in [0.2, 0.25) is 0 Å². The molecule has 4 N–H and O–H groups in total. The van der Waals surface area contributed by atoms with Gasteiger partial charge in [0.25, 0.3) is 0 Å². The molecule has 0 amide bonds. The maximum atomic E-state index is 5.56. The summed E-state index contributed by atoms with van der Waals surface area (Å²) in [6.07, 6.45) is 7.48. The third-order valence-corrected chi connectivity index (χ3v) is 2.88. The first kappa shape index (κ1) is 13.9. The molecule has 2 unspecified atom stereocenters. The van der Waals surface area contributed by atoms with E-state index in [-0.39, 0.29) is 6.17 Å². The van der Waals surface area contributed by atoms with Gasteiger partial charge in [-0.2, -0.15) is 0 Å². The Morgan fingerprint density at radius 2 is 1.50 bits per heavy atom. The highest BCUT2D eigenvalue weighted by Crippen LogP contribution is 2.19. The molecule has 0 fully saturated rings. The lowest BCUT2D eigenvalue weighted by atomic mass is 9.92. The summed E-state index contributed by atoms with van der Waals surface area (Å²) in [6, 6.07) is 0. The van der Waals surface area contributed by atoms with Gasteiger partial charge < -0.3 is 11.5 Å². The third-order valence-electron chi connectivity index (χ3n) is 2.88. The van der Waals surface area contributed by atoms with Crippen LogP contribution in [0.5, 0.6) is 0 Å². The lowest BCUT2D eigenvalue weighted by Gasteiger charge is -2.16. The molecule has 0 saturated heterocycles. The van der Waals surface area contributed by atoms with Crippen molar-refractivity contribution in [3.63, 3.8) is 0 Å². The number of hydrogen-bond donors (Lipinski definition) is 2. The fraction of sp³-hybridized carbons (Fsp3) is 1.00. The van der Waals surface area contributed by atoms with Gasteiger partial charge in [0.15, 0.2) is 0 Å². The molecule has 2 nitrogen and oxygen atoms in total. The zero-order chi connectivity index (χ0) is 11.0. The van der Waals surface area contributed by atoms with Crippen LogP contribution in [-0.2, 0) is 0 Å². The van der Waals surface area contributed by atoms with Crippen molar-refractivity contribution < 1.29 is 0 Å². The molecule has 0 bridgehead atoms. The second-order valence-electron chi connectivity index (χ2n) is 4.83. The van der Waals surface area contributed by atoms with E-state index in [0.29, 0.717) is 5.92 Å². The molecular formula is C12H28N2. The Bertz CT molecular complexity index is 123. The monoisotopic (exact) mass is 200 g/mol. The molecule has 0 heterocycles. The largest absolute Gasteiger partial charge is 0.316 e. The van der Waals surface area contributed by atoms with Gasteiger partial charge in [-0.15, -0.1) is 0 Å². The zero-order valence-corrected chi connectivity index (χ0v) is 10.1. The van der Waals surface area contributed by atoms with Gasteiger partial charge >= 0.3 is 0 Å². The van der Waals surface area contributed by atoms with E-state index in [1.54, 1.807) is 0 Å². The summed E-state index contributed by atoms with van der Waals surface area (Å²) in [6.45, 7) is 6.85. The van der Waals surface area contributed by atoms with E-state index in [1.807, 2.05) is 0 Å². The minimum absolute atomic E-state index is 0.129. The molecule has 0 spiro atoms. The molecule has 0 saturated carbocycles. The zero-order valence-electron chi connectivity index (χ0n) is 10.1. The fourth-order valence-electron chi connectivity index (χ4n) is 1.85. The fourth-order valence-corrected chi connectivity index (χ4v) is 1.85. The first-order valence-corrected chi connectivity index (χ1v) is 6.07. The van der Waals surface area contributed by atoms with Gasteiger partial charge in [-0.05, 0) is 18.3 Å². The highest BCUT2D eigenvalue weighted by Gasteiger charge is 2.08. The number of rotatable bonds is 8. The van der Waals surface area contributed by atoms with E-state index in [4.69, 9.17) is 11.5 Å². The Morgan fingerprint density at radius 1 is 0.929 bits per heavy atom. The quantitative estimate of drug-likeness (QED) is 0.592. The molecule has 0 aromatic heterocycles. The van der Waals surface area contributed by atoms with Crippen molar-refractivity contribution in [1.29, 1.82) is 0 Å². The molecule has 0 aliphatic heterocycles. The van der Waals surface area contributed by atoms with Crippen LogP contribution < -0.4 is 11.5 Å². The average Bonchev–Trinajstić information content (AvgIpc) is 2.10. The standard InChI is InChI=1S/C12H28N2/c1-4-5-6-10(2)7-8-11(3)9-12(13)14/h10-12H,4-9,13-14H2,1-3H3. The predicted octanol–water partition coefficient (Wildman–Crippen LogP) is 2.86. The predicted molar refractivity (Wildman–Crippen MR) is 63.9 cm³/mol. The highest BCUT2D eigenvalue weighted by atomic mass is 14.8. The maximum absolute atomic E-state index is 5.56. The van der Waals surface area contributed by atoms with E-state index >= 15 is 0 Å². The Hall–Kier alpha value is -0.0800. The van der Waals surface area contributed by atoms with E-state index in [1.165, 1.54) is 32.1 Å². The molecule has 0 aliphatic carbocycles. The van der Waals surface area contributed by atoms with Crippen molar-refractivity contribution in [3.05, 3.63) is 0 Å². The Kier molecular flexibility index (Phi) is 8.20. The topological polar surface area (TPSA) is 52.0 Å². The summed E-state index contributed by atoms with van der Waals surface area (Å²) in [5, 5.41) is 0. The second-order valence-corrected chi connectivity index (χ2v) is 4.83. The number of unbranched alkanes of at least 4 members (excludes halogenated alkanes) is 1. The summed E-state index contributed by atoms with van der Waals surface area (Å²) in [7, 11) is 0. The lowest BCUT2D eigenvalue weighted by Crippen LogP contribution is -2.32. The molecule has 2 atom stereocenters. The van der Waals surface area contributed by atoms with Crippen LogP contribution >= 0.6 is 0 Å². The van der Waals surface area contributed by atoms with Gasteiger partial charge in [0, 0.05) is 0 Å². The molecule has 86 valence electrons. The molecular weight excluding hydrogens is 172 g/mol. The first-order chi connectivity index (χ1) is 6.56. The molecule has 0 aliphatic rings. The van der Waals surface area contributed by atoms with Crippen molar-refractivity contribution >= 4 is 0 Å². The smallest absolute Gasteiger partial charge is 0.0523 e. The highest BCUT2D eigenvalue weighted by molar-refractivity contribution is 4.62. The van der Waals surface area contributed by atoms with Gasteiger partial charge in [-0.25, -0.2) is 0 Å². The maximum Gasteiger partial charge on any atom is 0.0523 e. The molecule has 0 rings (SSSR count). The van der Waals surface area contributed by atoms with Gasteiger partial charge in [0.2, 0.25) is 0 Å². The third kappa shape index (κ3) is 8.52. The first-order valence-electron chi connectivity index (χ1n) is 6.07. The average molecular weight is 200 g/mol. The summed E-state index contributed by atoms with van der Waals surface area (Å²) in [4.78, 5) is 0. The summed E-state index contributed by atoms with van der Waals surface area (Å²) in [5.74, 6) is 1.55.